The van der Waals surface area contributed by atoms with Gasteiger partial charge in [-0.2, -0.15) is 0 Å². The third-order valence-electron chi connectivity index (χ3n) is 4.60. The number of ether oxygens (including phenoxy) is 1. The molecule has 0 saturated heterocycles. The van der Waals surface area contributed by atoms with Crippen molar-refractivity contribution in [1.29, 1.82) is 0 Å². The standard InChI is InChI=1S/C21H14ClNO4/c1-12(23-19(24)15-8-4-5-9-16(15)20(23)25)21(26)27-18-11-10-17(22)13-6-2-3-7-14(13)18/h2-12H,1H3/t12-/m0/s1. The van der Waals surface area contributed by atoms with Gasteiger partial charge in [0.15, 0.2) is 0 Å². The number of fused-ring (bicyclic) bond motifs is 2. The average Bonchev–Trinajstić information content (AvgIpc) is 2.94. The van der Waals surface area contributed by atoms with Gasteiger partial charge in [0.25, 0.3) is 11.8 Å². The van der Waals surface area contributed by atoms with Crippen LogP contribution in [0.5, 0.6) is 5.75 Å². The van der Waals surface area contributed by atoms with Crippen LogP contribution in [-0.2, 0) is 4.79 Å². The lowest BCUT2D eigenvalue weighted by Crippen LogP contribution is -2.44. The zero-order valence-electron chi connectivity index (χ0n) is 14.3. The Hall–Kier alpha value is -3.18. The summed E-state index contributed by atoms with van der Waals surface area (Å²) in [6.07, 6.45) is 0. The van der Waals surface area contributed by atoms with E-state index >= 15 is 0 Å². The smallest absolute Gasteiger partial charge is 0.334 e. The van der Waals surface area contributed by atoms with Gasteiger partial charge in [0.1, 0.15) is 11.8 Å². The van der Waals surface area contributed by atoms with E-state index in [1.165, 1.54) is 6.92 Å². The van der Waals surface area contributed by atoms with E-state index in [2.05, 4.69) is 0 Å². The van der Waals surface area contributed by atoms with E-state index in [0.717, 1.165) is 10.3 Å². The molecule has 5 nitrogen and oxygen atoms in total. The topological polar surface area (TPSA) is 63.7 Å². The molecular weight excluding hydrogens is 366 g/mol. The van der Waals surface area contributed by atoms with E-state index in [-0.39, 0.29) is 0 Å². The molecule has 134 valence electrons. The zero-order valence-corrected chi connectivity index (χ0v) is 15.1. The third-order valence-corrected chi connectivity index (χ3v) is 4.92. The van der Waals surface area contributed by atoms with Crippen LogP contribution in [0.4, 0.5) is 0 Å². The summed E-state index contributed by atoms with van der Waals surface area (Å²) < 4.78 is 5.51. The third kappa shape index (κ3) is 2.76. The molecule has 0 radical (unpaired) electrons. The molecule has 1 heterocycles. The lowest BCUT2D eigenvalue weighted by Gasteiger charge is -2.21. The van der Waals surface area contributed by atoms with Crippen LogP contribution >= 0.6 is 11.6 Å². The molecule has 0 N–H and O–H groups in total. The van der Waals surface area contributed by atoms with Crippen molar-refractivity contribution in [2.24, 2.45) is 0 Å². The molecule has 0 spiro atoms. The maximum absolute atomic E-state index is 12.7. The summed E-state index contributed by atoms with van der Waals surface area (Å²) >= 11 is 6.18. The Kier molecular flexibility index (Phi) is 4.16. The Bertz CT molecular complexity index is 1070. The molecule has 0 unspecified atom stereocenters. The number of imide groups is 1. The van der Waals surface area contributed by atoms with Crippen LogP contribution in [0.3, 0.4) is 0 Å². The Balaban J connectivity index is 1.63. The summed E-state index contributed by atoms with van der Waals surface area (Å²) in [6, 6.07) is 15.9. The van der Waals surface area contributed by atoms with Crippen LogP contribution in [0.1, 0.15) is 27.6 Å². The van der Waals surface area contributed by atoms with Gasteiger partial charge in [-0.1, -0.05) is 48.0 Å². The number of esters is 1. The second-order valence-corrected chi connectivity index (χ2v) is 6.62. The summed E-state index contributed by atoms with van der Waals surface area (Å²) in [7, 11) is 0. The summed E-state index contributed by atoms with van der Waals surface area (Å²) in [5.41, 5.74) is 0.582. The summed E-state index contributed by atoms with van der Waals surface area (Å²) in [6.45, 7) is 1.47. The van der Waals surface area contributed by atoms with Crippen molar-refractivity contribution in [2.75, 3.05) is 0 Å². The Morgan fingerprint density at radius 3 is 2.07 bits per heavy atom. The second kappa shape index (κ2) is 6.52. The van der Waals surface area contributed by atoms with Gasteiger partial charge in [0.05, 0.1) is 11.1 Å². The van der Waals surface area contributed by atoms with E-state index in [9.17, 15) is 14.4 Å². The van der Waals surface area contributed by atoms with Crippen LogP contribution in [0.2, 0.25) is 5.02 Å². The predicted molar refractivity (Wildman–Crippen MR) is 101 cm³/mol. The zero-order chi connectivity index (χ0) is 19.1. The lowest BCUT2D eigenvalue weighted by atomic mass is 10.1. The fourth-order valence-corrected chi connectivity index (χ4v) is 3.41. The minimum atomic E-state index is -1.06. The second-order valence-electron chi connectivity index (χ2n) is 6.21. The number of halogens is 1. The molecule has 0 bridgehead atoms. The first-order valence-corrected chi connectivity index (χ1v) is 8.72. The molecule has 6 heteroatoms. The first-order chi connectivity index (χ1) is 13.0. The molecular formula is C21H14ClNO4. The highest BCUT2D eigenvalue weighted by Gasteiger charge is 2.41. The molecule has 4 rings (SSSR count). The number of nitrogens with zero attached hydrogens (tertiary/aromatic N) is 1. The van der Waals surface area contributed by atoms with Crippen LogP contribution in [-0.4, -0.2) is 28.7 Å². The van der Waals surface area contributed by atoms with Gasteiger partial charge >= 0.3 is 5.97 Å². The normalized spacial score (nSPS) is 14.4. The highest BCUT2D eigenvalue weighted by atomic mass is 35.5. The first-order valence-electron chi connectivity index (χ1n) is 8.35. The van der Waals surface area contributed by atoms with Gasteiger partial charge < -0.3 is 4.74 Å². The molecule has 0 saturated carbocycles. The van der Waals surface area contributed by atoms with Crippen LogP contribution in [0, 0.1) is 0 Å². The summed E-state index contributed by atoms with van der Waals surface area (Å²) in [4.78, 5) is 38.7. The molecule has 3 aromatic rings. The fourth-order valence-electron chi connectivity index (χ4n) is 3.18. The van der Waals surface area contributed by atoms with Gasteiger partial charge in [0.2, 0.25) is 0 Å². The van der Waals surface area contributed by atoms with Crippen molar-refractivity contribution in [3.8, 4) is 5.75 Å². The van der Waals surface area contributed by atoms with Gasteiger partial charge in [-0.05, 0) is 31.2 Å². The van der Waals surface area contributed by atoms with E-state index in [4.69, 9.17) is 16.3 Å². The summed E-state index contributed by atoms with van der Waals surface area (Å²) in [5.74, 6) is -1.37. The molecule has 1 aliphatic rings. The van der Waals surface area contributed by atoms with E-state index < -0.39 is 23.8 Å². The molecule has 2 amide bonds. The van der Waals surface area contributed by atoms with Crippen molar-refractivity contribution < 1.29 is 19.1 Å². The van der Waals surface area contributed by atoms with E-state index in [0.29, 0.717) is 27.3 Å². The highest BCUT2D eigenvalue weighted by Crippen LogP contribution is 2.32. The number of hydrogen-bond acceptors (Lipinski definition) is 4. The van der Waals surface area contributed by atoms with Crippen molar-refractivity contribution in [3.63, 3.8) is 0 Å². The predicted octanol–water partition coefficient (Wildman–Crippen LogP) is 4.08. The van der Waals surface area contributed by atoms with E-state index in [1.54, 1.807) is 42.5 Å². The Morgan fingerprint density at radius 1 is 0.889 bits per heavy atom. The van der Waals surface area contributed by atoms with Crippen molar-refractivity contribution in [1.82, 2.24) is 4.90 Å². The van der Waals surface area contributed by atoms with Crippen molar-refractivity contribution in [2.45, 2.75) is 13.0 Å². The van der Waals surface area contributed by atoms with Gasteiger partial charge in [-0.25, -0.2) is 4.79 Å². The quantitative estimate of drug-likeness (QED) is 0.390. The van der Waals surface area contributed by atoms with Gasteiger partial charge in [-0.3, -0.25) is 14.5 Å². The largest absolute Gasteiger partial charge is 0.424 e. The molecule has 1 aliphatic heterocycles. The van der Waals surface area contributed by atoms with Crippen LogP contribution in [0.15, 0.2) is 60.7 Å². The fraction of sp³-hybridized carbons (Fsp3) is 0.0952. The molecule has 27 heavy (non-hydrogen) atoms. The minimum absolute atomic E-state index is 0.291. The maximum atomic E-state index is 12.7. The maximum Gasteiger partial charge on any atom is 0.334 e. The first kappa shape index (κ1) is 17.2. The molecule has 0 fully saturated rings. The minimum Gasteiger partial charge on any atom is -0.424 e. The van der Waals surface area contributed by atoms with Crippen LogP contribution < -0.4 is 4.74 Å². The van der Waals surface area contributed by atoms with E-state index in [1.807, 2.05) is 18.2 Å². The van der Waals surface area contributed by atoms with Gasteiger partial charge in [-0.15, -0.1) is 0 Å². The average molecular weight is 380 g/mol. The number of amides is 2. The number of rotatable bonds is 3. The number of hydrogen-bond donors (Lipinski definition) is 0. The Labute approximate surface area is 160 Å². The highest BCUT2D eigenvalue weighted by molar-refractivity contribution is 6.35. The monoisotopic (exact) mass is 379 g/mol. The lowest BCUT2D eigenvalue weighted by molar-refractivity contribution is -0.138. The summed E-state index contributed by atoms with van der Waals surface area (Å²) in [5, 5.41) is 1.96. The Morgan fingerprint density at radius 2 is 1.44 bits per heavy atom. The van der Waals surface area contributed by atoms with Crippen LogP contribution in [0.25, 0.3) is 10.8 Å². The molecule has 0 aromatic heterocycles. The van der Waals surface area contributed by atoms with Crippen molar-refractivity contribution >= 4 is 40.2 Å². The van der Waals surface area contributed by atoms with Crippen molar-refractivity contribution in [3.05, 3.63) is 76.8 Å². The molecule has 1 atom stereocenters. The number of carbonyl (C=O) groups excluding carboxylic acids is 3. The van der Waals surface area contributed by atoms with Gasteiger partial charge in [0, 0.05) is 15.8 Å². The number of carbonyl (C=O) groups is 3. The molecule has 0 aliphatic carbocycles. The SMILES string of the molecule is C[C@@H](C(=O)Oc1ccc(Cl)c2ccccc12)N1C(=O)c2ccccc2C1=O. The molecule has 3 aromatic carbocycles. The number of benzene rings is 3.